The van der Waals surface area contributed by atoms with E-state index >= 15 is 0 Å². The van der Waals surface area contributed by atoms with Gasteiger partial charge >= 0.3 is 0 Å². The van der Waals surface area contributed by atoms with Crippen molar-refractivity contribution in [2.45, 2.75) is 33.6 Å². The zero-order valence-electron chi connectivity index (χ0n) is 10.4. The van der Waals surface area contributed by atoms with E-state index in [1.807, 2.05) is 13.8 Å². The Bertz CT molecular complexity index is 172. The Morgan fingerprint density at radius 1 is 1.40 bits per heavy atom. The van der Waals surface area contributed by atoms with Crippen LogP contribution in [0, 0.1) is 5.92 Å². The Balaban J connectivity index is 3.39. The van der Waals surface area contributed by atoms with Gasteiger partial charge in [0.25, 0.3) is 0 Å². The number of hydrogen-bond donors (Lipinski definition) is 1. The number of carbonyl (C=O) groups excluding carboxylic acids is 1. The molecule has 0 saturated carbocycles. The highest BCUT2D eigenvalue weighted by Gasteiger charge is 2.12. The van der Waals surface area contributed by atoms with Crippen LogP contribution in [0.25, 0.3) is 0 Å². The van der Waals surface area contributed by atoms with Crippen molar-refractivity contribution in [3.8, 4) is 0 Å². The molecule has 0 aromatic heterocycles. The van der Waals surface area contributed by atoms with Crippen LogP contribution in [-0.2, 0) is 9.63 Å². The first-order valence-electron chi connectivity index (χ1n) is 5.70. The summed E-state index contributed by atoms with van der Waals surface area (Å²) < 4.78 is 0. The summed E-state index contributed by atoms with van der Waals surface area (Å²) in [6.07, 6.45) is 2.06. The third-order valence-electron chi connectivity index (χ3n) is 2.09. The topological polar surface area (TPSA) is 41.6 Å². The van der Waals surface area contributed by atoms with E-state index in [9.17, 15) is 4.79 Å². The highest BCUT2D eigenvalue weighted by atomic mass is 16.7. The van der Waals surface area contributed by atoms with E-state index in [1.54, 1.807) is 7.05 Å². The summed E-state index contributed by atoms with van der Waals surface area (Å²) >= 11 is 0. The summed E-state index contributed by atoms with van der Waals surface area (Å²) in [5, 5.41) is 4.59. The molecule has 0 rings (SSSR count). The Morgan fingerprint density at radius 2 is 2.07 bits per heavy atom. The van der Waals surface area contributed by atoms with Gasteiger partial charge in [-0.25, -0.2) is 5.06 Å². The van der Waals surface area contributed by atoms with E-state index in [1.165, 1.54) is 5.06 Å². The highest BCUT2D eigenvalue weighted by Crippen LogP contribution is 2.00. The Hall–Kier alpha value is -0.610. The summed E-state index contributed by atoms with van der Waals surface area (Å²) in [4.78, 5) is 16.7. The van der Waals surface area contributed by atoms with Crippen molar-refractivity contribution < 1.29 is 9.63 Å². The fraction of sp³-hybridized carbons (Fsp3) is 0.909. The van der Waals surface area contributed by atoms with Gasteiger partial charge in [0.15, 0.2) is 0 Å². The molecule has 0 aliphatic heterocycles. The van der Waals surface area contributed by atoms with Crippen LogP contribution in [0.15, 0.2) is 0 Å². The molecule has 0 spiro atoms. The molecule has 0 unspecified atom stereocenters. The summed E-state index contributed by atoms with van der Waals surface area (Å²) in [5.74, 6) is 0.0263. The molecule has 0 aromatic rings. The molecular formula is C11H24N2O2. The van der Waals surface area contributed by atoms with Crippen molar-refractivity contribution in [3.63, 3.8) is 0 Å². The van der Waals surface area contributed by atoms with Crippen molar-refractivity contribution in [1.29, 1.82) is 0 Å². The first kappa shape index (κ1) is 14.4. The van der Waals surface area contributed by atoms with E-state index in [4.69, 9.17) is 4.84 Å². The van der Waals surface area contributed by atoms with Crippen LogP contribution >= 0.6 is 0 Å². The van der Waals surface area contributed by atoms with Gasteiger partial charge in [0.05, 0.1) is 6.61 Å². The maximum Gasteiger partial charge on any atom is 0.248 e. The lowest BCUT2D eigenvalue weighted by atomic mass is 10.2. The van der Waals surface area contributed by atoms with Crippen molar-refractivity contribution in [3.05, 3.63) is 0 Å². The van der Waals surface area contributed by atoms with Crippen LogP contribution in [0.3, 0.4) is 0 Å². The zero-order chi connectivity index (χ0) is 11.7. The van der Waals surface area contributed by atoms with Gasteiger partial charge in [-0.1, -0.05) is 20.8 Å². The number of unbranched alkanes of at least 4 members (excludes halogenated alkanes) is 1. The summed E-state index contributed by atoms with van der Waals surface area (Å²) in [6, 6.07) is 0. The standard InChI is InChI=1S/C11H24N2O2/c1-5-12-8-6-7-9-15-13(4)11(14)10(2)3/h10,12H,5-9H2,1-4H3. The van der Waals surface area contributed by atoms with Crippen molar-refractivity contribution in [2.24, 2.45) is 5.92 Å². The molecule has 4 nitrogen and oxygen atoms in total. The minimum Gasteiger partial charge on any atom is -0.317 e. The number of rotatable bonds is 8. The van der Waals surface area contributed by atoms with Gasteiger partial charge in [0.2, 0.25) is 5.91 Å². The van der Waals surface area contributed by atoms with Gasteiger partial charge in [0, 0.05) is 13.0 Å². The molecule has 0 atom stereocenters. The van der Waals surface area contributed by atoms with Crippen molar-refractivity contribution in [1.82, 2.24) is 10.4 Å². The third kappa shape index (κ3) is 7.33. The predicted octanol–water partition coefficient (Wildman–Crippen LogP) is 1.42. The highest BCUT2D eigenvalue weighted by molar-refractivity contribution is 5.76. The van der Waals surface area contributed by atoms with Gasteiger partial charge in [-0.2, -0.15) is 0 Å². The fourth-order valence-electron chi connectivity index (χ4n) is 1.16. The largest absolute Gasteiger partial charge is 0.317 e. The molecule has 4 heteroatoms. The third-order valence-corrected chi connectivity index (χ3v) is 2.09. The first-order valence-corrected chi connectivity index (χ1v) is 5.70. The van der Waals surface area contributed by atoms with Gasteiger partial charge in [0.1, 0.15) is 0 Å². The number of carbonyl (C=O) groups is 1. The lowest BCUT2D eigenvalue weighted by Gasteiger charge is -2.18. The number of nitrogens with zero attached hydrogens (tertiary/aromatic N) is 1. The summed E-state index contributed by atoms with van der Waals surface area (Å²) in [6.45, 7) is 8.46. The molecule has 0 fully saturated rings. The lowest BCUT2D eigenvalue weighted by molar-refractivity contribution is -0.182. The summed E-state index contributed by atoms with van der Waals surface area (Å²) in [5.41, 5.74) is 0. The number of hydrogen-bond acceptors (Lipinski definition) is 3. The van der Waals surface area contributed by atoms with E-state index in [0.717, 1.165) is 25.9 Å². The van der Waals surface area contributed by atoms with Crippen LogP contribution in [0.5, 0.6) is 0 Å². The minimum absolute atomic E-state index is 0.00300. The molecule has 0 bridgehead atoms. The Morgan fingerprint density at radius 3 is 2.60 bits per heavy atom. The van der Waals surface area contributed by atoms with Crippen LogP contribution in [0.4, 0.5) is 0 Å². The second kappa shape index (κ2) is 8.68. The molecule has 1 N–H and O–H groups in total. The maximum atomic E-state index is 11.4. The minimum atomic E-state index is -0.00300. The van der Waals surface area contributed by atoms with E-state index < -0.39 is 0 Å². The molecular weight excluding hydrogens is 192 g/mol. The van der Waals surface area contributed by atoms with Crippen LogP contribution < -0.4 is 5.32 Å². The average molecular weight is 216 g/mol. The normalized spacial score (nSPS) is 10.7. The SMILES string of the molecule is CCNCCCCON(C)C(=O)C(C)C. The Labute approximate surface area is 92.9 Å². The van der Waals surface area contributed by atoms with Crippen molar-refractivity contribution >= 4 is 5.91 Å². The molecule has 1 amide bonds. The fourth-order valence-corrected chi connectivity index (χ4v) is 1.16. The maximum absolute atomic E-state index is 11.4. The molecule has 0 aliphatic rings. The van der Waals surface area contributed by atoms with Crippen LogP contribution in [-0.4, -0.2) is 37.7 Å². The zero-order valence-corrected chi connectivity index (χ0v) is 10.4. The smallest absolute Gasteiger partial charge is 0.248 e. The quantitative estimate of drug-likeness (QED) is 0.493. The Kier molecular flexibility index (Phi) is 8.33. The molecule has 0 radical (unpaired) electrons. The summed E-state index contributed by atoms with van der Waals surface area (Å²) in [7, 11) is 1.67. The van der Waals surface area contributed by atoms with Gasteiger partial charge in [-0.3, -0.25) is 9.63 Å². The first-order chi connectivity index (χ1) is 7.09. The van der Waals surface area contributed by atoms with Crippen LogP contribution in [0.2, 0.25) is 0 Å². The number of nitrogens with one attached hydrogen (secondary N) is 1. The molecule has 0 aromatic carbocycles. The lowest BCUT2D eigenvalue weighted by Crippen LogP contribution is -2.31. The molecule has 15 heavy (non-hydrogen) atoms. The van der Waals surface area contributed by atoms with Crippen molar-refractivity contribution in [2.75, 3.05) is 26.7 Å². The van der Waals surface area contributed by atoms with Crippen LogP contribution in [0.1, 0.15) is 33.6 Å². The molecule has 0 aliphatic carbocycles. The second-order valence-corrected chi connectivity index (χ2v) is 3.88. The predicted molar refractivity (Wildman–Crippen MR) is 61.3 cm³/mol. The number of hydroxylamine groups is 2. The van der Waals surface area contributed by atoms with Gasteiger partial charge in [-0.15, -0.1) is 0 Å². The van der Waals surface area contributed by atoms with E-state index in [-0.39, 0.29) is 11.8 Å². The molecule has 0 heterocycles. The average Bonchev–Trinajstić information content (AvgIpc) is 2.21. The van der Waals surface area contributed by atoms with E-state index in [2.05, 4.69) is 12.2 Å². The molecule has 90 valence electrons. The van der Waals surface area contributed by atoms with E-state index in [0.29, 0.717) is 6.61 Å². The number of amides is 1. The molecule has 0 saturated heterocycles. The van der Waals surface area contributed by atoms with Gasteiger partial charge in [-0.05, 0) is 25.9 Å². The monoisotopic (exact) mass is 216 g/mol. The van der Waals surface area contributed by atoms with Gasteiger partial charge < -0.3 is 5.32 Å². The second-order valence-electron chi connectivity index (χ2n) is 3.88.